The highest BCUT2D eigenvalue weighted by Gasteiger charge is 2.09. The van der Waals surface area contributed by atoms with Gasteiger partial charge in [-0.3, -0.25) is 0 Å². The summed E-state index contributed by atoms with van der Waals surface area (Å²) in [6.07, 6.45) is 5.47. The quantitative estimate of drug-likeness (QED) is 0.385. The van der Waals surface area contributed by atoms with E-state index in [9.17, 15) is 0 Å². The molecule has 24 heavy (non-hydrogen) atoms. The Balaban J connectivity index is 0.00000288. The fraction of sp³-hybridized carbons (Fsp3) is 0.765. The maximum atomic E-state index is 4.66. The Morgan fingerprint density at radius 3 is 2.46 bits per heavy atom. The molecule has 0 unspecified atom stereocenters. The molecule has 0 amide bonds. The molecule has 138 valence electrons. The van der Waals surface area contributed by atoms with Crippen LogP contribution in [0.15, 0.2) is 4.99 Å². The Morgan fingerprint density at radius 1 is 1.17 bits per heavy atom. The number of guanidine groups is 1. The van der Waals surface area contributed by atoms with Gasteiger partial charge in [-0.2, -0.15) is 0 Å². The predicted molar refractivity (Wildman–Crippen MR) is 115 cm³/mol. The lowest BCUT2D eigenvalue weighted by atomic mass is 10.2. The third-order valence-corrected chi connectivity index (χ3v) is 5.27. The van der Waals surface area contributed by atoms with Gasteiger partial charge in [-0.1, -0.05) is 12.8 Å². The van der Waals surface area contributed by atoms with E-state index in [1.165, 1.54) is 43.6 Å². The zero-order valence-corrected chi connectivity index (χ0v) is 18.4. The molecular weight excluding hydrogens is 433 g/mol. The van der Waals surface area contributed by atoms with Gasteiger partial charge in [-0.25, -0.2) is 9.98 Å². The van der Waals surface area contributed by atoms with Crippen molar-refractivity contribution in [2.24, 2.45) is 4.99 Å². The van der Waals surface area contributed by atoms with Crippen molar-refractivity contribution in [3.05, 3.63) is 15.6 Å². The number of aliphatic imine (C=N–C) groups is 1. The highest BCUT2D eigenvalue weighted by molar-refractivity contribution is 14.0. The third kappa shape index (κ3) is 7.65. The zero-order valence-electron chi connectivity index (χ0n) is 15.2. The fourth-order valence-corrected chi connectivity index (χ4v) is 3.65. The first-order chi connectivity index (χ1) is 11.2. The van der Waals surface area contributed by atoms with E-state index in [4.69, 9.17) is 0 Å². The van der Waals surface area contributed by atoms with Crippen LogP contribution in [-0.4, -0.2) is 48.6 Å². The molecule has 1 fully saturated rings. The van der Waals surface area contributed by atoms with Crippen LogP contribution < -0.4 is 10.6 Å². The van der Waals surface area contributed by atoms with E-state index in [-0.39, 0.29) is 24.0 Å². The maximum Gasteiger partial charge on any atom is 0.191 e. The maximum absolute atomic E-state index is 4.66. The van der Waals surface area contributed by atoms with Gasteiger partial charge in [0.2, 0.25) is 0 Å². The average molecular weight is 465 g/mol. The molecule has 1 aliphatic heterocycles. The first kappa shape index (κ1) is 21.6. The zero-order chi connectivity index (χ0) is 16.5. The number of rotatable bonds is 6. The van der Waals surface area contributed by atoms with Crippen LogP contribution in [0.4, 0.5) is 0 Å². The van der Waals surface area contributed by atoms with Gasteiger partial charge in [0.25, 0.3) is 0 Å². The summed E-state index contributed by atoms with van der Waals surface area (Å²) in [6, 6.07) is 0. The highest BCUT2D eigenvalue weighted by atomic mass is 127. The molecule has 7 heteroatoms. The Bertz CT molecular complexity index is 476. The number of halogens is 1. The first-order valence-corrected chi connectivity index (χ1v) is 9.68. The molecule has 1 aliphatic rings. The van der Waals surface area contributed by atoms with Crippen molar-refractivity contribution in [3.8, 4) is 0 Å². The number of nitrogens with one attached hydrogen (secondary N) is 2. The van der Waals surface area contributed by atoms with Gasteiger partial charge in [0.1, 0.15) is 5.01 Å². The lowest BCUT2D eigenvalue weighted by Crippen LogP contribution is -2.41. The van der Waals surface area contributed by atoms with Crippen molar-refractivity contribution in [2.45, 2.75) is 53.0 Å². The van der Waals surface area contributed by atoms with E-state index in [2.05, 4.69) is 46.3 Å². The summed E-state index contributed by atoms with van der Waals surface area (Å²) >= 11 is 1.74. The number of thiazole rings is 1. The predicted octanol–water partition coefficient (Wildman–Crippen LogP) is 3.31. The second-order valence-corrected chi connectivity index (χ2v) is 7.41. The normalized spacial score (nSPS) is 16.4. The minimum Gasteiger partial charge on any atom is -0.357 e. The number of likely N-dealkylation sites (tertiary alicyclic amines) is 1. The van der Waals surface area contributed by atoms with Crippen LogP contribution in [0.2, 0.25) is 0 Å². The molecule has 0 radical (unpaired) electrons. The molecule has 0 atom stereocenters. The topological polar surface area (TPSA) is 52.6 Å². The van der Waals surface area contributed by atoms with Crippen LogP contribution in [0.3, 0.4) is 0 Å². The smallest absolute Gasteiger partial charge is 0.191 e. The summed E-state index contributed by atoms with van der Waals surface area (Å²) in [5.74, 6) is 0.896. The van der Waals surface area contributed by atoms with Gasteiger partial charge in [-0.05, 0) is 46.7 Å². The molecule has 2 N–H and O–H groups in total. The van der Waals surface area contributed by atoms with Crippen LogP contribution in [-0.2, 0) is 6.54 Å². The summed E-state index contributed by atoms with van der Waals surface area (Å²) in [5, 5.41) is 7.86. The van der Waals surface area contributed by atoms with Gasteiger partial charge in [0.15, 0.2) is 5.96 Å². The van der Waals surface area contributed by atoms with Crippen molar-refractivity contribution in [2.75, 3.05) is 32.7 Å². The van der Waals surface area contributed by atoms with Crippen LogP contribution in [0.1, 0.15) is 48.2 Å². The van der Waals surface area contributed by atoms with E-state index in [1.807, 2.05) is 0 Å². The van der Waals surface area contributed by atoms with E-state index in [1.54, 1.807) is 11.3 Å². The van der Waals surface area contributed by atoms with Crippen LogP contribution in [0.25, 0.3) is 0 Å². The molecule has 5 nitrogen and oxygen atoms in total. The first-order valence-electron chi connectivity index (χ1n) is 8.86. The molecule has 0 saturated carbocycles. The van der Waals surface area contributed by atoms with Crippen molar-refractivity contribution >= 4 is 41.3 Å². The minimum absolute atomic E-state index is 0. The Hall–Kier alpha value is -0.410. The molecule has 1 aromatic heterocycles. The third-order valence-electron chi connectivity index (χ3n) is 4.21. The van der Waals surface area contributed by atoms with Gasteiger partial charge in [-0.15, -0.1) is 35.3 Å². The number of hydrogen-bond donors (Lipinski definition) is 2. The average Bonchev–Trinajstić information content (AvgIpc) is 2.73. The molecule has 0 aliphatic carbocycles. The molecule has 0 bridgehead atoms. The molecule has 2 heterocycles. The number of aromatic nitrogens is 1. The van der Waals surface area contributed by atoms with Gasteiger partial charge >= 0.3 is 0 Å². The number of aryl methyl sites for hydroxylation is 2. The SMILES string of the molecule is CCNC(=NCc1nc(C)c(C)s1)NCCN1CCCCCC1.I. The number of nitrogens with zero attached hydrogens (tertiary/aromatic N) is 3. The number of hydrogen-bond acceptors (Lipinski definition) is 4. The van der Waals surface area contributed by atoms with Crippen molar-refractivity contribution in [3.63, 3.8) is 0 Å². The standard InChI is InChI=1S/C17H31N5S.HI/c1-4-18-17(20-13-16-21-14(2)15(3)23-16)19-9-12-22-10-7-5-6-8-11-22;/h4-13H2,1-3H3,(H2,18,19,20);1H. The van der Waals surface area contributed by atoms with Crippen molar-refractivity contribution in [1.82, 2.24) is 20.5 Å². The molecule has 1 aromatic rings. The molecule has 2 rings (SSSR count). The second kappa shape index (κ2) is 12.0. The molecule has 1 saturated heterocycles. The van der Waals surface area contributed by atoms with Gasteiger partial charge in [0, 0.05) is 24.5 Å². The monoisotopic (exact) mass is 465 g/mol. The van der Waals surface area contributed by atoms with Crippen molar-refractivity contribution < 1.29 is 0 Å². The minimum atomic E-state index is 0. The van der Waals surface area contributed by atoms with Crippen LogP contribution >= 0.6 is 35.3 Å². The fourth-order valence-electron chi connectivity index (χ4n) is 2.79. The second-order valence-electron chi connectivity index (χ2n) is 6.13. The van der Waals surface area contributed by atoms with E-state index >= 15 is 0 Å². The molecule has 0 aromatic carbocycles. The molecular formula is C17H32IN5S. The Morgan fingerprint density at radius 2 is 1.88 bits per heavy atom. The van der Waals surface area contributed by atoms with E-state index in [0.717, 1.165) is 36.3 Å². The van der Waals surface area contributed by atoms with Crippen LogP contribution in [0, 0.1) is 13.8 Å². The van der Waals surface area contributed by atoms with Crippen molar-refractivity contribution in [1.29, 1.82) is 0 Å². The highest BCUT2D eigenvalue weighted by Crippen LogP contribution is 2.16. The van der Waals surface area contributed by atoms with E-state index in [0.29, 0.717) is 6.54 Å². The van der Waals surface area contributed by atoms with Gasteiger partial charge < -0.3 is 15.5 Å². The lowest BCUT2D eigenvalue weighted by molar-refractivity contribution is 0.289. The van der Waals surface area contributed by atoms with Gasteiger partial charge in [0.05, 0.1) is 12.2 Å². The summed E-state index contributed by atoms with van der Waals surface area (Å²) in [4.78, 5) is 13.1. The van der Waals surface area contributed by atoms with Crippen LogP contribution in [0.5, 0.6) is 0 Å². The van der Waals surface area contributed by atoms with E-state index < -0.39 is 0 Å². The summed E-state index contributed by atoms with van der Waals surface area (Å²) in [7, 11) is 0. The Kier molecular flexibility index (Phi) is 10.8. The molecule has 0 spiro atoms. The summed E-state index contributed by atoms with van der Waals surface area (Å²) in [6.45, 7) is 12.3. The Labute approximate surface area is 167 Å². The largest absolute Gasteiger partial charge is 0.357 e. The lowest BCUT2D eigenvalue weighted by Gasteiger charge is -2.20. The summed E-state index contributed by atoms with van der Waals surface area (Å²) in [5.41, 5.74) is 1.12. The summed E-state index contributed by atoms with van der Waals surface area (Å²) < 4.78 is 0.